The van der Waals surface area contributed by atoms with Gasteiger partial charge in [-0.05, 0) is 6.92 Å². The second kappa shape index (κ2) is 6.56. The van der Waals surface area contributed by atoms with Crippen molar-refractivity contribution in [1.29, 1.82) is 0 Å². The molecule has 1 N–H and O–H groups in total. The number of nitrogens with zero attached hydrogens (tertiary/aromatic N) is 1. The third-order valence-electron chi connectivity index (χ3n) is 1.91. The first-order valence-electron chi connectivity index (χ1n) is 5.48. The summed E-state index contributed by atoms with van der Waals surface area (Å²) in [5.41, 5.74) is 0. The standard InChI is InChI=1S/C11H21NO5/c1-8(13)5-11(16)17-9(6-10(14)15)7-12(2,3)4/h8-9,13H,5-7H2,1-4H3. The van der Waals surface area contributed by atoms with Crippen molar-refractivity contribution in [2.75, 3.05) is 27.7 Å². The zero-order valence-electron chi connectivity index (χ0n) is 10.8. The Bertz CT molecular complexity index is 270. The second-order valence-corrected chi connectivity index (χ2v) is 5.21. The van der Waals surface area contributed by atoms with E-state index in [1.54, 1.807) is 0 Å². The molecule has 2 atom stereocenters. The molecule has 0 aromatic heterocycles. The van der Waals surface area contributed by atoms with Gasteiger partial charge in [0, 0.05) is 12.4 Å². The Labute approximate surface area is 101 Å². The summed E-state index contributed by atoms with van der Waals surface area (Å²) in [7, 11) is 5.60. The highest BCUT2D eigenvalue weighted by Gasteiger charge is 2.22. The van der Waals surface area contributed by atoms with Gasteiger partial charge >= 0.3 is 5.97 Å². The molecular formula is C11H21NO5. The molecule has 0 heterocycles. The van der Waals surface area contributed by atoms with Crippen molar-refractivity contribution in [1.82, 2.24) is 0 Å². The van der Waals surface area contributed by atoms with Gasteiger partial charge in [0.15, 0.2) is 6.10 Å². The molecule has 0 amide bonds. The molecule has 6 nitrogen and oxygen atoms in total. The number of hydrogen-bond acceptors (Lipinski definition) is 5. The number of carboxylic acids is 1. The number of carboxylic acid groups (broad SMARTS) is 1. The molecular weight excluding hydrogens is 226 g/mol. The minimum Gasteiger partial charge on any atom is -0.550 e. The van der Waals surface area contributed by atoms with Gasteiger partial charge in [-0.2, -0.15) is 0 Å². The second-order valence-electron chi connectivity index (χ2n) is 5.21. The fourth-order valence-electron chi connectivity index (χ4n) is 1.42. The van der Waals surface area contributed by atoms with Crippen LogP contribution < -0.4 is 5.11 Å². The van der Waals surface area contributed by atoms with Gasteiger partial charge in [-0.3, -0.25) is 4.79 Å². The summed E-state index contributed by atoms with van der Waals surface area (Å²) in [6.45, 7) is 1.84. The van der Waals surface area contributed by atoms with Crippen molar-refractivity contribution in [2.45, 2.75) is 32.0 Å². The Balaban J connectivity index is 4.38. The van der Waals surface area contributed by atoms with Gasteiger partial charge in [-0.1, -0.05) is 0 Å². The number of aliphatic carboxylic acids is 1. The predicted molar refractivity (Wildman–Crippen MR) is 58.7 cm³/mol. The van der Waals surface area contributed by atoms with Crippen LogP contribution in [-0.4, -0.2) is 61.4 Å². The Morgan fingerprint density at radius 2 is 1.82 bits per heavy atom. The number of likely N-dealkylation sites (N-methyl/N-ethyl adjacent to an activating group) is 1. The monoisotopic (exact) mass is 247 g/mol. The van der Waals surface area contributed by atoms with E-state index in [-0.39, 0.29) is 12.8 Å². The quantitative estimate of drug-likeness (QED) is 0.438. The van der Waals surface area contributed by atoms with E-state index in [0.29, 0.717) is 11.0 Å². The van der Waals surface area contributed by atoms with Gasteiger partial charge in [0.05, 0.1) is 33.7 Å². The first kappa shape index (κ1) is 15.9. The largest absolute Gasteiger partial charge is 0.550 e. The van der Waals surface area contributed by atoms with Crippen LogP contribution in [0.15, 0.2) is 0 Å². The number of ether oxygens (including phenoxy) is 1. The summed E-state index contributed by atoms with van der Waals surface area (Å²) >= 11 is 0. The number of aliphatic hydroxyl groups is 1. The van der Waals surface area contributed by atoms with E-state index in [1.807, 2.05) is 21.1 Å². The lowest BCUT2D eigenvalue weighted by Crippen LogP contribution is -2.45. The van der Waals surface area contributed by atoms with Crippen molar-refractivity contribution in [2.24, 2.45) is 0 Å². The maximum absolute atomic E-state index is 11.3. The Morgan fingerprint density at radius 1 is 1.29 bits per heavy atom. The van der Waals surface area contributed by atoms with E-state index in [9.17, 15) is 14.7 Å². The van der Waals surface area contributed by atoms with Gasteiger partial charge in [0.2, 0.25) is 0 Å². The Morgan fingerprint density at radius 3 is 2.18 bits per heavy atom. The average molecular weight is 247 g/mol. The van der Waals surface area contributed by atoms with Crippen LogP contribution in [0.2, 0.25) is 0 Å². The molecule has 2 unspecified atom stereocenters. The van der Waals surface area contributed by atoms with E-state index in [0.717, 1.165) is 0 Å². The SMILES string of the molecule is CC(O)CC(=O)OC(CC(=O)[O-])C[N+](C)(C)C. The van der Waals surface area contributed by atoms with Crippen LogP contribution in [0.4, 0.5) is 0 Å². The van der Waals surface area contributed by atoms with E-state index in [1.165, 1.54) is 6.92 Å². The lowest BCUT2D eigenvalue weighted by molar-refractivity contribution is -0.873. The van der Waals surface area contributed by atoms with Crippen molar-refractivity contribution >= 4 is 11.9 Å². The highest BCUT2D eigenvalue weighted by molar-refractivity contribution is 5.71. The third kappa shape index (κ3) is 9.77. The summed E-state index contributed by atoms with van der Waals surface area (Å²) in [5, 5.41) is 19.6. The van der Waals surface area contributed by atoms with Crippen LogP contribution in [-0.2, 0) is 14.3 Å². The normalized spacial score (nSPS) is 15.1. The first-order valence-corrected chi connectivity index (χ1v) is 5.48. The molecule has 0 spiro atoms. The maximum atomic E-state index is 11.3. The summed E-state index contributed by atoms with van der Waals surface area (Å²) < 4.78 is 5.48. The zero-order valence-corrected chi connectivity index (χ0v) is 10.8. The van der Waals surface area contributed by atoms with Gasteiger partial charge in [0.25, 0.3) is 0 Å². The fraction of sp³-hybridized carbons (Fsp3) is 0.818. The molecule has 0 saturated heterocycles. The average Bonchev–Trinajstić information content (AvgIpc) is 1.95. The molecule has 0 aromatic carbocycles. The highest BCUT2D eigenvalue weighted by atomic mass is 16.5. The van der Waals surface area contributed by atoms with Crippen molar-refractivity contribution in [3.8, 4) is 0 Å². The zero-order chi connectivity index (χ0) is 13.6. The van der Waals surface area contributed by atoms with Crippen LogP contribution in [0.5, 0.6) is 0 Å². The van der Waals surface area contributed by atoms with Crippen molar-refractivity contribution in [3.63, 3.8) is 0 Å². The molecule has 17 heavy (non-hydrogen) atoms. The molecule has 0 aromatic rings. The molecule has 0 radical (unpaired) electrons. The van der Waals surface area contributed by atoms with E-state index in [4.69, 9.17) is 9.84 Å². The summed E-state index contributed by atoms with van der Waals surface area (Å²) in [5.74, 6) is -1.85. The van der Waals surface area contributed by atoms with E-state index >= 15 is 0 Å². The van der Waals surface area contributed by atoms with Gasteiger partial charge in [-0.25, -0.2) is 0 Å². The third-order valence-corrected chi connectivity index (χ3v) is 1.91. The van der Waals surface area contributed by atoms with Gasteiger partial charge < -0.3 is 24.2 Å². The highest BCUT2D eigenvalue weighted by Crippen LogP contribution is 2.06. The van der Waals surface area contributed by atoms with E-state index in [2.05, 4.69) is 0 Å². The lowest BCUT2D eigenvalue weighted by Gasteiger charge is -2.29. The predicted octanol–water partition coefficient (Wildman–Crippen LogP) is -1.48. The minimum absolute atomic E-state index is 0.138. The molecule has 0 aliphatic carbocycles. The molecule has 0 bridgehead atoms. The van der Waals surface area contributed by atoms with Gasteiger partial charge in [-0.15, -0.1) is 0 Å². The number of hydrogen-bond donors (Lipinski definition) is 1. The molecule has 0 aliphatic heterocycles. The topological polar surface area (TPSA) is 86.7 Å². The minimum atomic E-state index is -1.26. The first-order chi connectivity index (χ1) is 7.60. The maximum Gasteiger partial charge on any atom is 0.308 e. The van der Waals surface area contributed by atoms with Crippen molar-refractivity contribution in [3.05, 3.63) is 0 Å². The van der Waals surface area contributed by atoms with Crippen LogP contribution in [0.3, 0.4) is 0 Å². The van der Waals surface area contributed by atoms with Crippen LogP contribution >= 0.6 is 0 Å². The molecule has 0 rings (SSSR count). The van der Waals surface area contributed by atoms with Crippen LogP contribution in [0.25, 0.3) is 0 Å². The lowest BCUT2D eigenvalue weighted by atomic mass is 10.2. The molecule has 6 heteroatoms. The summed E-state index contributed by atoms with van der Waals surface area (Å²) in [6.07, 6.45) is -2.00. The Hall–Kier alpha value is -1.14. The number of carbonyl (C=O) groups is 2. The molecule has 0 fully saturated rings. The summed E-state index contributed by atoms with van der Waals surface area (Å²) in [4.78, 5) is 21.9. The number of quaternary nitrogens is 1. The molecule has 100 valence electrons. The smallest absolute Gasteiger partial charge is 0.308 e. The number of rotatable bonds is 7. The molecule has 0 aliphatic rings. The fourth-order valence-corrected chi connectivity index (χ4v) is 1.42. The number of carbonyl (C=O) groups excluding carboxylic acids is 2. The number of esters is 1. The molecule has 0 saturated carbocycles. The summed E-state index contributed by atoms with van der Waals surface area (Å²) in [6, 6.07) is 0. The Kier molecular flexibility index (Phi) is 6.12. The van der Waals surface area contributed by atoms with E-state index < -0.39 is 24.1 Å². The van der Waals surface area contributed by atoms with Crippen LogP contribution in [0, 0.1) is 0 Å². The van der Waals surface area contributed by atoms with Crippen molar-refractivity contribution < 1.29 is 29.0 Å². The van der Waals surface area contributed by atoms with Gasteiger partial charge in [0.1, 0.15) is 6.54 Å². The van der Waals surface area contributed by atoms with Crippen LogP contribution in [0.1, 0.15) is 19.8 Å². The number of aliphatic hydroxyl groups excluding tert-OH is 1.